The van der Waals surface area contributed by atoms with Gasteiger partial charge in [0, 0.05) is 42.0 Å². The van der Waals surface area contributed by atoms with E-state index in [1.807, 2.05) is 26.8 Å². The summed E-state index contributed by atoms with van der Waals surface area (Å²) in [4.78, 5) is 50.9. The Hall–Kier alpha value is -3.58. The van der Waals surface area contributed by atoms with Gasteiger partial charge in [-0.2, -0.15) is 5.26 Å². The van der Waals surface area contributed by atoms with Crippen LogP contribution in [0, 0.1) is 39.9 Å². The summed E-state index contributed by atoms with van der Waals surface area (Å²) in [5, 5.41) is 26.2. The van der Waals surface area contributed by atoms with Crippen LogP contribution in [0.25, 0.3) is 10.9 Å². The molecule has 1 saturated heterocycles. The Labute approximate surface area is 228 Å². The molecule has 3 N–H and O–H groups in total. The van der Waals surface area contributed by atoms with Crippen LogP contribution in [0.3, 0.4) is 0 Å². The molecule has 5 atom stereocenters. The summed E-state index contributed by atoms with van der Waals surface area (Å²) in [6, 6.07) is 3.19. The van der Waals surface area contributed by atoms with Crippen LogP contribution in [0.2, 0.25) is 0 Å². The molecular weight excluding hydrogens is 496 g/mol. The van der Waals surface area contributed by atoms with Gasteiger partial charge in [0.15, 0.2) is 0 Å². The highest BCUT2D eigenvalue weighted by atomic mass is 16.3. The van der Waals surface area contributed by atoms with Gasteiger partial charge in [0.25, 0.3) is 0 Å². The molecule has 5 rings (SSSR count). The van der Waals surface area contributed by atoms with E-state index < -0.39 is 35.6 Å². The standard InChI is InChI=1S/C29H36N6O4/c1-28(2,3)24(34-25(37)16-9-17(36)10-16)27(39)35-14-19-21(29(19,4)5)23(35)26(38)33-20(11-30)18-13-31-12-15-7-6-8-32-22(15)18/h6-8,12-13,16-17,19-21,23-24,36H,9-10,14H2,1-5H3,(H,33,38)(H,34,37)/t16?,17?,19-,20?,21-,23-,24+/m0/s1. The fourth-order valence-electron chi connectivity index (χ4n) is 6.33. The highest BCUT2D eigenvalue weighted by molar-refractivity contribution is 5.95. The molecule has 0 bridgehead atoms. The zero-order chi connectivity index (χ0) is 28.3. The molecular formula is C29H36N6O4. The molecule has 2 aliphatic carbocycles. The molecule has 39 heavy (non-hydrogen) atoms. The van der Waals surface area contributed by atoms with E-state index in [1.54, 1.807) is 23.4 Å². The van der Waals surface area contributed by atoms with Crippen molar-refractivity contribution in [2.45, 2.75) is 71.7 Å². The van der Waals surface area contributed by atoms with Crippen molar-refractivity contribution in [3.63, 3.8) is 0 Å². The van der Waals surface area contributed by atoms with E-state index >= 15 is 0 Å². The zero-order valence-corrected chi connectivity index (χ0v) is 23.0. The molecule has 1 aliphatic heterocycles. The zero-order valence-electron chi connectivity index (χ0n) is 23.0. The molecule has 1 unspecified atom stereocenters. The highest BCUT2D eigenvalue weighted by Gasteiger charge is 2.69. The number of aliphatic hydroxyl groups excluding tert-OH is 1. The van der Waals surface area contributed by atoms with Crippen LogP contribution in [-0.2, 0) is 14.4 Å². The normalized spacial score (nSPS) is 28.4. The molecule has 2 saturated carbocycles. The van der Waals surface area contributed by atoms with Crippen LogP contribution in [0.15, 0.2) is 30.7 Å². The average Bonchev–Trinajstić information content (AvgIpc) is 3.19. The Balaban J connectivity index is 1.39. The summed E-state index contributed by atoms with van der Waals surface area (Å²) in [6.45, 7) is 10.2. The lowest BCUT2D eigenvalue weighted by Gasteiger charge is -2.39. The third-order valence-corrected chi connectivity index (χ3v) is 8.91. The van der Waals surface area contributed by atoms with Gasteiger partial charge in [-0.3, -0.25) is 24.4 Å². The van der Waals surface area contributed by atoms with Crippen molar-refractivity contribution in [3.8, 4) is 6.07 Å². The minimum absolute atomic E-state index is 0.0531. The van der Waals surface area contributed by atoms with Crippen molar-refractivity contribution >= 4 is 28.6 Å². The van der Waals surface area contributed by atoms with Crippen LogP contribution < -0.4 is 10.6 Å². The van der Waals surface area contributed by atoms with Crippen molar-refractivity contribution in [1.82, 2.24) is 25.5 Å². The van der Waals surface area contributed by atoms with Gasteiger partial charge < -0.3 is 20.6 Å². The van der Waals surface area contributed by atoms with Gasteiger partial charge >= 0.3 is 0 Å². The molecule has 10 heteroatoms. The van der Waals surface area contributed by atoms with E-state index in [4.69, 9.17) is 0 Å². The van der Waals surface area contributed by atoms with Gasteiger partial charge in [-0.1, -0.05) is 34.6 Å². The first kappa shape index (κ1) is 27.0. The Bertz CT molecular complexity index is 1350. The number of carbonyl (C=O) groups excluding carboxylic acids is 3. The smallest absolute Gasteiger partial charge is 0.246 e. The number of aromatic nitrogens is 2. The largest absolute Gasteiger partial charge is 0.393 e. The van der Waals surface area contributed by atoms with Crippen LogP contribution in [0.5, 0.6) is 0 Å². The Morgan fingerprint density at radius 1 is 1.18 bits per heavy atom. The molecule has 0 aromatic carbocycles. The number of piperidine rings is 1. The van der Waals surface area contributed by atoms with Crippen molar-refractivity contribution in [1.29, 1.82) is 5.26 Å². The number of amides is 3. The Kier molecular flexibility index (Phi) is 6.62. The summed E-state index contributed by atoms with van der Waals surface area (Å²) < 4.78 is 0. The van der Waals surface area contributed by atoms with Gasteiger partial charge in [0.1, 0.15) is 18.1 Å². The van der Waals surface area contributed by atoms with Crippen molar-refractivity contribution < 1.29 is 19.5 Å². The van der Waals surface area contributed by atoms with Gasteiger partial charge in [0.2, 0.25) is 17.7 Å². The molecule has 3 heterocycles. The van der Waals surface area contributed by atoms with E-state index in [2.05, 4.69) is 40.5 Å². The van der Waals surface area contributed by atoms with E-state index in [1.165, 1.54) is 6.20 Å². The summed E-state index contributed by atoms with van der Waals surface area (Å²) in [6.07, 6.45) is 5.11. The monoisotopic (exact) mass is 532 g/mol. The summed E-state index contributed by atoms with van der Waals surface area (Å²) in [5.74, 6) is -1.18. The van der Waals surface area contributed by atoms with Gasteiger partial charge in [0.05, 0.1) is 17.7 Å². The number of hydrogen-bond donors (Lipinski definition) is 3. The topological polar surface area (TPSA) is 148 Å². The maximum atomic E-state index is 14.0. The predicted molar refractivity (Wildman–Crippen MR) is 142 cm³/mol. The fourth-order valence-corrected chi connectivity index (χ4v) is 6.33. The van der Waals surface area contributed by atoms with Crippen molar-refractivity contribution in [2.75, 3.05) is 6.54 Å². The van der Waals surface area contributed by atoms with Crippen molar-refractivity contribution in [3.05, 3.63) is 36.3 Å². The molecule has 2 aromatic heterocycles. The van der Waals surface area contributed by atoms with Gasteiger partial charge in [-0.25, -0.2) is 0 Å². The number of carbonyl (C=O) groups is 3. The number of pyridine rings is 2. The molecule has 3 aliphatic rings. The summed E-state index contributed by atoms with van der Waals surface area (Å²) in [5.41, 5.74) is 0.355. The number of fused-ring (bicyclic) bond motifs is 2. The number of hydrogen-bond acceptors (Lipinski definition) is 7. The number of likely N-dealkylation sites (tertiary alicyclic amines) is 1. The maximum Gasteiger partial charge on any atom is 0.246 e. The van der Waals surface area contributed by atoms with E-state index in [-0.39, 0.29) is 35.0 Å². The number of nitrogens with zero attached hydrogens (tertiary/aromatic N) is 4. The Morgan fingerprint density at radius 2 is 1.90 bits per heavy atom. The van der Waals surface area contributed by atoms with E-state index in [0.717, 1.165) is 5.39 Å². The molecule has 0 spiro atoms. The lowest BCUT2D eigenvalue weighted by Crippen LogP contribution is -2.60. The van der Waals surface area contributed by atoms with Crippen LogP contribution in [0.1, 0.15) is 59.1 Å². The lowest BCUT2D eigenvalue weighted by atomic mass is 9.80. The molecule has 2 aromatic rings. The van der Waals surface area contributed by atoms with Crippen molar-refractivity contribution in [2.24, 2.45) is 28.6 Å². The van der Waals surface area contributed by atoms with Crippen LogP contribution in [-0.4, -0.2) is 62.4 Å². The number of aliphatic hydroxyl groups is 1. The first-order valence-electron chi connectivity index (χ1n) is 13.5. The minimum Gasteiger partial charge on any atom is -0.393 e. The second-order valence-corrected chi connectivity index (χ2v) is 12.9. The van der Waals surface area contributed by atoms with Gasteiger partial charge in [-0.15, -0.1) is 0 Å². The number of rotatable bonds is 6. The molecule has 3 fully saturated rings. The maximum absolute atomic E-state index is 14.0. The van der Waals surface area contributed by atoms with E-state index in [0.29, 0.717) is 30.5 Å². The molecule has 10 nitrogen and oxygen atoms in total. The first-order valence-corrected chi connectivity index (χ1v) is 13.5. The third-order valence-electron chi connectivity index (χ3n) is 8.91. The number of nitrogens with one attached hydrogen (secondary N) is 2. The second-order valence-electron chi connectivity index (χ2n) is 12.9. The number of nitriles is 1. The fraction of sp³-hybridized carbons (Fsp3) is 0.586. The van der Waals surface area contributed by atoms with Gasteiger partial charge in [-0.05, 0) is 47.6 Å². The molecule has 0 radical (unpaired) electrons. The molecule has 3 amide bonds. The predicted octanol–water partition coefficient (Wildman–Crippen LogP) is 2.10. The Morgan fingerprint density at radius 3 is 2.54 bits per heavy atom. The lowest BCUT2D eigenvalue weighted by molar-refractivity contribution is -0.147. The highest BCUT2D eigenvalue weighted by Crippen LogP contribution is 2.65. The van der Waals surface area contributed by atoms with Crippen LogP contribution in [0.4, 0.5) is 0 Å². The summed E-state index contributed by atoms with van der Waals surface area (Å²) in [7, 11) is 0. The second kappa shape index (κ2) is 9.56. The molecule has 206 valence electrons. The summed E-state index contributed by atoms with van der Waals surface area (Å²) >= 11 is 0. The van der Waals surface area contributed by atoms with Crippen LogP contribution >= 0.6 is 0 Å². The SMILES string of the molecule is CC(C)(C)[C@H](NC(=O)C1CC(O)C1)C(=O)N1C[C@H]2[C@@H]([C@H]1C(=O)NC(C#N)c1cncc3cccnc13)C2(C)C. The average molecular weight is 533 g/mol. The quantitative estimate of drug-likeness (QED) is 0.516. The first-order chi connectivity index (χ1) is 18.3. The van der Waals surface area contributed by atoms with E-state index in [9.17, 15) is 24.8 Å². The third kappa shape index (κ3) is 4.73. The minimum atomic E-state index is -0.996.